The molecule has 0 unspecified atom stereocenters. The Morgan fingerprint density at radius 3 is 2.27 bits per heavy atom. The maximum Gasteiger partial charge on any atom is 0.363 e. The Morgan fingerprint density at radius 2 is 1.57 bits per heavy atom. The second-order valence-electron chi connectivity index (χ2n) is 6.24. The predicted octanol–water partition coefficient (Wildman–Crippen LogP) is 4.45. The van der Waals surface area contributed by atoms with Crippen molar-refractivity contribution in [1.29, 1.82) is 0 Å². The van der Waals surface area contributed by atoms with Crippen LogP contribution >= 0.6 is 11.6 Å². The Labute approximate surface area is 178 Å². The number of rotatable bonds is 5. The molecule has 8 heteroatoms. The molecule has 0 aromatic heterocycles. The summed E-state index contributed by atoms with van der Waals surface area (Å²) in [4.78, 5) is 16.4. The number of benzene rings is 3. The lowest BCUT2D eigenvalue weighted by Gasteiger charge is -2.07. The third-order valence-electron chi connectivity index (χ3n) is 4.15. The summed E-state index contributed by atoms with van der Waals surface area (Å²) in [5.74, 6) is -0.321. The number of carbonyl (C=O) groups is 1. The van der Waals surface area contributed by atoms with E-state index < -0.39 is 16.1 Å². The molecule has 0 bridgehead atoms. The number of ether oxygens (including phenoxy) is 1. The normalized spacial score (nSPS) is 15.0. The molecule has 0 fully saturated rings. The van der Waals surface area contributed by atoms with Crippen molar-refractivity contribution < 1.29 is 22.1 Å². The highest BCUT2D eigenvalue weighted by molar-refractivity contribution is 7.87. The summed E-state index contributed by atoms with van der Waals surface area (Å²) >= 11 is 6.12. The van der Waals surface area contributed by atoms with Crippen LogP contribution < -0.4 is 4.18 Å². The lowest BCUT2D eigenvalue weighted by atomic mass is 10.2. The fourth-order valence-electron chi connectivity index (χ4n) is 2.70. The first-order chi connectivity index (χ1) is 14.4. The van der Waals surface area contributed by atoms with Crippen LogP contribution in [0.5, 0.6) is 5.75 Å². The highest BCUT2D eigenvalue weighted by Crippen LogP contribution is 2.25. The molecule has 30 heavy (non-hydrogen) atoms. The molecule has 6 nitrogen and oxygen atoms in total. The summed E-state index contributed by atoms with van der Waals surface area (Å²) in [6.07, 6.45) is 1.53. The summed E-state index contributed by atoms with van der Waals surface area (Å²) in [7, 11) is -3.92. The van der Waals surface area contributed by atoms with Crippen LogP contribution in [0.1, 0.15) is 11.1 Å². The predicted molar refractivity (Wildman–Crippen MR) is 113 cm³/mol. The van der Waals surface area contributed by atoms with Gasteiger partial charge in [0.25, 0.3) is 0 Å². The van der Waals surface area contributed by atoms with E-state index in [1.165, 1.54) is 30.3 Å². The van der Waals surface area contributed by atoms with E-state index in [2.05, 4.69) is 4.99 Å². The van der Waals surface area contributed by atoms with Crippen molar-refractivity contribution in [2.75, 3.05) is 0 Å². The van der Waals surface area contributed by atoms with Crippen molar-refractivity contribution in [2.24, 2.45) is 4.99 Å². The quantitative estimate of drug-likeness (QED) is 0.333. The summed E-state index contributed by atoms with van der Waals surface area (Å²) in [6.45, 7) is 0. The van der Waals surface area contributed by atoms with Gasteiger partial charge in [-0.25, -0.2) is 9.79 Å². The van der Waals surface area contributed by atoms with Gasteiger partial charge in [-0.2, -0.15) is 8.42 Å². The van der Waals surface area contributed by atoms with E-state index in [4.69, 9.17) is 20.5 Å². The van der Waals surface area contributed by atoms with E-state index >= 15 is 0 Å². The van der Waals surface area contributed by atoms with Crippen molar-refractivity contribution in [2.45, 2.75) is 4.90 Å². The van der Waals surface area contributed by atoms with Gasteiger partial charge >= 0.3 is 16.1 Å². The number of halogens is 1. The lowest BCUT2D eigenvalue weighted by Crippen LogP contribution is -2.09. The van der Waals surface area contributed by atoms with Gasteiger partial charge in [0.1, 0.15) is 10.6 Å². The van der Waals surface area contributed by atoms with Crippen LogP contribution in [0.2, 0.25) is 5.02 Å². The third kappa shape index (κ3) is 4.27. The number of carbonyl (C=O) groups excluding carboxylic acids is 1. The van der Waals surface area contributed by atoms with Crippen LogP contribution in [-0.2, 0) is 19.6 Å². The first-order valence-corrected chi connectivity index (χ1v) is 10.6. The molecule has 150 valence electrons. The maximum absolute atomic E-state index is 12.3. The SMILES string of the molecule is O=C1OC(c2ccccc2Cl)=N/C1=C\c1ccc(OS(=O)(=O)c2ccccc2)cc1. The van der Waals surface area contributed by atoms with Crippen molar-refractivity contribution in [3.8, 4) is 5.75 Å². The first-order valence-electron chi connectivity index (χ1n) is 8.79. The molecule has 0 N–H and O–H groups in total. The minimum Gasteiger partial charge on any atom is -0.402 e. The van der Waals surface area contributed by atoms with E-state index in [0.717, 1.165) is 0 Å². The molecule has 0 spiro atoms. The van der Waals surface area contributed by atoms with Crippen LogP contribution in [0.4, 0.5) is 0 Å². The second kappa shape index (κ2) is 8.14. The van der Waals surface area contributed by atoms with Crippen LogP contribution in [0, 0.1) is 0 Å². The number of esters is 1. The fourth-order valence-corrected chi connectivity index (χ4v) is 3.87. The molecule has 1 heterocycles. The monoisotopic (exact) mass is 439 g/mol. The Bertz CT molecular complexity index is 1270. The largest absolute Gasteiger partial charge is 0.402 e. The van der Waals surface area contributed by atoms with Gasteiger partial charge < -0.3 is 8.92 Å². The molecular formula is C22H14ClNO5S. The van der Waals surface area contributed by atoms with Gasteiger partial charge in [-0.15, -0.1) is 0 Å². The molecule has 1 aliphatic rings. The smallest absolute Gasteiger partial charge is 0.363 e. The zero-order valence-corrected chi connectivity index (χ0v) is 16.9. The van der Waals surface area contributed by atoms with E-state index in [9.17, 15) is 13.2 Å². The molecule has 0 saturated heterocycles. The zero-order chi connectivity index (χ0) is 21.1. The number of aliphatic imine (C=N–C) groups is 1. The first kappa shape index (κ1) is 19.9. The fraction of sp³-hybridized carbons (Fsp3) is 0. The maximum atomic E-state index is 12.3. The van der Waals surface area contributed by atoms with Crippen molar-refractivity contribution >= 4 is 39.7 Å². The van der Waals surface area contributed by atoms with E-state index in [-0.39, 0.29) is 22.2 Å². The molecule has 0 saturated carbocycles. The summed E-state index contributed by atoms with van der Waals surface area (Å²) in [5, 5.41) is 0.423. The van der Waals surface area contributed by atoms with E-state index in [0.29, 0.717) is 16.1 Å². The van der Waals surface area contributed by atoms with Gasteiger partial charge in [-0.3, -0.25) is 0 Å². The average Bonchev–Trinajstić information content (AvgIpc) is 3.10. The van der Waals surface area contributed by atoms with Crippen LogP contribution in [0.25, 0.3) is 6.08 Å². The molecule has 1 aliphatic heterocycles. The van der Waals surface area contributed by atoms with E-state index in [1.54, 1.807) is 54.6 Å². The number of hydrogen-bond donors (Lipinski definition) is 0. The molecule has 3 aromatic rings. The molecule has 0 atom stereocenters. The van der Waals surface area contributed by atoms with Crippen molar-refractivity contribution in [3.05, 3.63) is 101 Å². The topological polar surface area (TPSA) is 82.0 Å². The molecule has 0 aliphatic carbocycles. The number of cyclic esters (lactones) is 1. The number of nitrogens with zero attached hydrogens (tertiary/aromatic N) is 1. The summed E-state index contributed by atoms with van der Waals surface area (Å²) in [5.41, 5.74) is 1.25. The van der Waals surface area contributed by atoms with Crippen LogP contribution in [0.15, 0.2) is 94.4 Å². The Kier molecular flexibility index (Phi) is 5.39. The molecular weight excluding hydrogens is 426 g/mol. The van der Waals surface area contributed by atoms with Crippen LogP contribution in [0.3, 0.4) is 0 Å². The Morgan fingerprint density at radius 1 is 0.900 bits per heavy atom. The molecule has 3 aromatic carbocycles. The minimum atomic E-state index is -3.92. The highest BCUT2D eigenvalue weighted by atomic mass is 35.5. The van der Waals surface area contributed by atoms with Crippen molar-refractivity contribution in [3.63, 3.8) is 0 Å². The lowest BCUT2D eigenvalue weighted by molar-refractivity contribution is -0.129. The van der Waals surface area contributed by atoms with Gasteiger partial charge in [0, 0.05) is 0 Å². The minimum absolute atomic E-state index is 0.0614. The standard InChI is InChI=1S/C22H14ClNO5S/c23-19-9-5-4-8-18(19)21-24-20(22(25)28-21)14-15-10-12-16(13-11-15)29-30(26,27)17-6-2-1-3-7-17/h1-14H/b20-14-. The van der Waals surface area contributed by atoms with Gasteiger partial charge in [0.15, 0.2) is 5.70 Å². The molecule has 4 rings (SSSR count). The summed E-state index contributed by atoms with van der Waals surface area (Å²) < 4.78 is 34.9. The Balaban J connectivity index is 1.54. The Hall–Kier alpha value is -3.42. The third-order valence-corrected chi connectivity index (χ3v) is 5.74. The molecule has 0 amide bonds. The van der Waals surface area contributed by atoms with Gasteiger partial charge in [0.05, 0.1) is 10.6 Å². The zero-order valence-electron chi connectivity index (χ0n) is 15.4. The average molecular weight is 440 g/mol. The van der Waals surface area contributed by atoms with Gasteiger partial charge in [-0.1, -0.05) is 54.1 Å². The second-order valence-corrected chi connectivity index (χ2v) is 8.19. The molecule has 0 radical (unpaired) electrons. The van der Waals surface area contributed by atoms with Crippen LogP contribution in [-0.4, -0.2) is 20.3 Å². The van der Waals surface area contributed by atoms with E-state index in [1.807, 2.05) is 0 Å². The van der Waals surface area contributed by atoms with Gasteiger partial charge in [0.2, 0.25) is 5.90 Å². The van der Waals surface area contributed by atoms with Crippen molar-refractivity contribution in [1.82, 2.24) is 0 Å². The van der Waals surface area contributed by atoms with Gasteiger partial charge in [-0.05, 0) is 48.0 Å². The summed E-state index contributed by atoms with van der Waals surface area (Å²) in [6, 6.07) is 21.0. The number of hydrogen-bond acceptors (Lipinski definition) is 6. The highest BCUT2D eigenvalue weighted by Gasteiger charge is 2.25.